The lowest BCUT2D eigenvalue weighted by Crippen LogP contribution is -2.20. The second-order valence-corrected chi connectivity index (χ2v) is 6.07. The highest BCUT2D eigenvalue weighted by molar-refractivity contribution is 7.88. The Labute approximate surface area is 124 Å². The molecule has 0 spiro atoms. The maximum absolute atomic E-state index is 11.9. The van der Waals surface area contributed by atoms with Crippen LogP contribution in [0.25, 0.3) is 0 Å². The fourth-order valence-electron chi connectivity index (χ4n) is 1.73. The van der Waals surface area contributed by atoms with Crippen molar-refractivity contribution in [2.45, 2.75) is 5.75 Å². The minimum Gasteiger partial charge on any atom is -0.497 e. The highest BCUT2D eigenvalue weighted by Crippen LogP contribution is 2.10. The predicted octanol–water partition coefficient (Wildman–Crippen LogP) is 2.15. The summed E-state index contributed by atoms with van der Waals surface area (Å²) in [5.74, 6) is 0.578. The van der Waals surface area contributed by atoms with Crippen molar-refractivity contribution < 1.29 is 13.2 Å². The molecule has 0 saturated carbocycles. The van der Waals surface area contributed by atoms with E-state index < -0.39 is 10.0 Å². The Morgan fingerprint density at radius 2 is 1.90 bits per heavy atom. The molecular formula is C15H16N2O3S. The Balaban J connectivity index is 1.99. The average molecular weight is 304 g/mol. The molecule has 1 N–H and O–H groups in total. The Bertz CT molecular complexity index is 713. The van der Waals surface area contributed by atoms with Crippen LogP contribution in [0.5, 0.6) is 5.75 Å². The lowest BCUT2D eigenvalue weighted by atomic mass is 10.2. The van der Waals surface area contributed by atoms with E-state index in [1.54, 1.807) is 55.6 Å². The smallest absolute Gasteiger partial charge is 0.251 e. The molecule has 0 heterocycles. The van der Waals surface area contributed by atoms with Crippen LogP contribution in [0.15, 0.2) is 59.7 Å². The van der Waals surface area contributed by atoms with Crippen molar-refractivity contribution in [1.82, 2.24) is 4.83 Å². The summed E-state index contributed by atoms with van der Waals surface area (Å²) >= 11 is 0. The Hall–Kier alpha value is -2.34. The van der Waals surface area contributed by atoms with Gasteiger partial charge in [-0.05, 0) is 23.3 Å². The summed E-state index contributed by atoms with van der Waals surface area (Å²) < 4.78 is 28.8. The molecular weight excluding hydrogens is 288 g/mol. The molecule has 0 radical (unpaired) electrons. The van der Waals surface area contributed by atoms with E-state index in [4.69, 9.17) is 4.74 Å². The second-order valence-electron chi connectivity index (χ2n) is 4.37. The zero-order valence-electron chi connectivity index (χ0n) is 11.6. The fourth-order valence-corrected chi connectivity index (χ4v) is 2.64. The monoisotopic (exact) mass is 304 g/mol. The number of hydrogen-bond donors (Lipinski definition) is 1. The van der Waals surface area contributed by atoms with Gasteiger partial charge in [0.25, 0.3) is 10.0 Å². The normalized spacial score (nSPS) is 11.5. The standard InChI is InChI=1S/C15H16N2O3S/c1-20-15-9-5-8-14(10-15)11-16-17-21(18,19)12-13-6-3-2-4-7-13/h2-11,17H,12H2,1H3/b16-11+. The molecule has 6 heteroatoms. The third kappa shape index (κ3) is 4.92. The van der Waals surface area contributed by atoms with Crippen molar-refractivity contribution in [2.75, 3.05) is 7.11 Å². The van der Waals surface area contributed by atoms with E-state index in [2.05, 4.69) is 9.93 Å². The average Bonchev–Trinajstić information content (AvgIpc) is 2.48. The number of ether oxygens (including phenoxy) is 1. The third-order valence-electron chi connectivity index (χ3n) is 2.70. The summed E-state index contributed by atoms with van der Waals surface area (Å²) in [4.78, 5) is 2.19. The molecule has 0 atom stereocenters. The van der Waals surface area contributed by atoms with Crippen LogP contribution < -0.4 is 9.57 Å². The zero-order chi connectivity index (χ0) is 15.1. The molecule has 0 aliphatic carbocycles. The van der Waals surface area contributed by atoms with Gasteiger partial charge >= 0.3 is 0 Å². The van der Waals surface area contributed by atoms with E-state index in [0.717, 1.165) is 5.56 Å². The van der Waals surface area contributed by atoms with E-state index in [-0.39, 0.29) is 5.75 Å². The first-order valence-corrected chi connectivity index (χ1v) is 7.95. The van der Waals surface area contributed by atoms with Crippen molar-refractivity contribution >= 4 is 16.2 Å². The molecule has 2 aromatic carbocycles. The molecule has 0 aromatic heterocycles. The summed E-state index contributed by atoms with van der Waals surface area (Å²) in [6, 6.07) is 16.1. The maximum atomic E-state index is 11.9. The van der Waals surface area contributed by atoms with Gasteiger partial charge in [-0.1, -0.05) is 42.5 Å². The lowest BCUT2D eigenvalue weighted by molar-refractivity contribution is 0.415. The molecule has 2 aromatic rings. The highest BCUT2D eigenvalue weighted by atomic mass is 32.2. The second kappa shape index (κ2) is 6.90. The summed E-state index contributed by atoms with van der Waals surface area (Å²) in [5.41, 5.74) is 1.46. The zero-order valence-corrected chi connectivity index (χ0v) is 12.4. The number of rotatable bonds is 6. The molecule has 0 amide bonds. The van der Waals surface area contributed by atoms with Gasteiger partial charge in [-0.2, -0.15) is 5.10 Å². The molecule has 0 fully saturated rings. The first-order valence-electron chi connectivity index (χ1n) is 6.29. The van der Waals surface area contributed by atoms with Gasteiger partial charge < -0.3 is 4.74 Å². The fraction of sp³-hybridized carbons (Fsp3) is 0.133. The summed E-state index contributed by atoms with van der Waals surface area (Å²) in [6.07, 6.45) is 1.44. The molecule has 0 unspecified atom stereocenters. The first kappa shape index (κ1) is 15.1. The van der Waals surface area contributed by atoms with Gasteiger partial charge in [0.15, 0.2) is 0 Å². The topological polar surface area (TPSA) is 67.8 Å². The number of hydrazone groups is 1. The molecule has 0 bridgehead atoms. The van der Waals surface area contributed by atoms with Crippen LogP contribution in [0.1, 0.15) is 11.1 Å². The summed E-state index contributed by atoms with van der Waals surface area (Å²) in [6.45, 7) is 0. The van der Waals surface area contributed by atoms with Crippen LogP contribution in [0.3, 0.4) is 0 Å². The highest BCUT2D eigenvalue weighted by Gasteiger charge is 2.09. The van der Waals surface area contributed by atoms with Crippen LogP contribution in [0.2, 0.25) is 0 Å². The molecule has 21 heavy (non-hydrogen) atoms. The van der Waals surface area contributed by atoms with Gasteiger partial charge in [0.1, 0.15) is 5.75 Å². The summed E-state index contributed by atoms with van der Waals surface area (Å²) in [7, 11) is -1.93. The summed E-state index contributed by atoms with van der Waals surface area (Å²) in [5, 5.41) is 3.77. The van der Waals surface area contributed by atoms with Crippen molar-refractivity contribution in [3.63, 3.8) is 0 Å². The van der Waals surface area contributed by atoms with Gasteiger partial charge in [0, 0.05) is 0 Å². The molecule has 5 nitrogen and oxygen atoms in total. The van der Waals surface area contributed by atoms with Crippen LogP contribution >= 0.6 is 0 Å². The number of sulfonamides is 1. The van der Waals surface area contributed by atoms with Crippen LogP contribution in [0, 0.1) is 0 Å². The molecule has 0 aliphatic rings. The van der Waals surface area contributed by atoms with Gasteiger partial charge in [0.2, 0.25) is 0 Å². The van der Waals surface area contributed by atoms with Crippen LogP contribution in [-0.2, 0) is 15.8 Å². The van der Waals surface area contributed by atoms with Crippen molar-refractivity contribution in [3.8, 4) is 5.75 Å². The Morgan fingerprint density at radius 3 is 2.62 bits per heavy atom. The number of methoxy groups -OCH3 is 1. The van der Waals surface area contributed by atoms with E-state index in [1.165, 1.54) is 6.21 Å². The molecule has 0 saturated heterocycles. The largest absolute Gasteiger partial charge is 0.497 e. The SMILES string of the molecule is COc1cccc(/C=N/NS(=O)(=O)Cc2ccccc2)c1. The molecule has 0 aliphatic heterocycles. The quantitative estimate of drug-likeness (QED) is 0.657. The van der Waals surface area contributed by atoms with E-state index in [0.29, 0.717) is 11.3 Å². The van der Waals surface area contributed by atoms with Crippen LogP contribution in [0.4, 0.5) is 0 Å². The van der Waals surface area contributed by atoms with Gasteiger partial charge in [-0.15, -0.1) is 0 Å². The number of nitrogens with zero attached hydrogens (tertiary/aromatic N) is 1. The molecule has 110 valence electrons. The lowest BCUT2D eigenvalue weighted by Gasteiger charge is -2.03. The van der Waals surface area contributed by atoms with Gasteiger partial charge in [-0.25, -0.2) is 13.2 Å². The van der Waals surface area contributed by atoms with Gasteiger partial charge in [-0.3, -0.25) is 0 Å². The van der Waals surface area contributed by atoms with Crippen molar-refractivity contribution in [1.29, 1.82) is 0 Å². The Morgan fingerprint density at radius 1 is 1.14 bits per heavy atom. The first-order chi connectivity index (χ1) is 10.1. The number of nitrogens with one attached hydrogen (secondary N) is 1. The van der Waals surface area contributed by atoms with E-state index in [1.807, 2.05) is 6.07 Å². The minimum atomic E-state index is -3.50. The van der Waals surface area contributed by atoms with Crippen LogP contribution in [-0.4, -0.2) is 21.7 Å². The molecule has 2 rings (SSSR count). The van der Waals surface area contributed by atoms with E-state index in [9.17, 15) is 8.42 Å². The van der Waals surface area contributed by atoms with Crippen molar-refractivity contribution in [3.05, 3.63) is 65.7 Å². The number of hydrogen-bond acceptors (Lipinski definition) is 4. The van der Waals surface area contributed by atoms with Crippen molar-refractivity contribution in [2.24, 2.45) is 5.10 Å². The van der Waals surface area contributed by atoms with Gasteiger partial charge in [0.05, 0.1) is 19.1 Å². The number of benzene rings is 2. The Kier molecular flexibility index (Phi) is 4.94. The van der Waals surface area contributed by atoms with E-state index >= 15 is 0 Å². The predicted molar refractivity (Wildman–Crippen MR) is 82.8 cm³/mol. The maximum Gasteiger partial charge on any atom is 0.251 e. The minimum absolute atomic E-state index is 0.108. The third-order valence-corrected chi connectivity index (χ3v) is 3.80.